The lowest BCUT2D eigenvalue weighted by Gasteiger charge is -2.33. The molecule has 220 valence electrons. The number of aliphatic hydroxyl groups is 1. The maximum Gasteiger partial charge on any atom is 0.128 e. The molecular weight excluding hydrogens is 534 g/mol. The van der Waals surface area contributed by atoms with Gasteiger partial charge in [0.15, 0.2) is 0 Å². The standard InChI is InChI=1S/C37H39N3O3/c1-26-31(11-5-12-32(26)30-9-3-2-4-10-30)25-43-36-17-37(42-24-29-16-28(18-38)19-39-20-29)35(33-13-6-14-34(33)36)22-40-15-7-8-27(21-40)23-41/h2-5,9-12,16-17,19-20,27,41H,6-8,13-15,21-25H2,1H3/t27-/m1/s1. The van der Waals surface area contributed by atoms with Crippen LogP contribution in [0.3, 0.4) is 0 Å². The summed E-state index contributed by atoms with van der Waals surface area (Å²) in [5, 5.41) is 19.2. The van der Waals surface area contributed by atoms with E-state index in [1.165, 1.54) is 38.9 Å². The first kappa shape index (κ1) is 28.9. The van der Waals surface area contributed by atoms with Gasteiger partial charge in [-0.25, -0.2) is 0 Å². The number of rotatable bonds is 10. The Kier molecular flexibility index (Phi) is 9.02. The van der Waals surface area contributed by atoms with Crippen LogP contribution in [0.25, 0.3) is 11.1 Å². The molecule has 1 saturated heterocycles. The smallest absolute Gasteiger partial charge is 0.128 e. The highest BCUT2D eigenvalue weighted by molar-refractivity contribution is 5.68. The zero-order chi connectivity index (χ0) is 29.6. The van der Waals surface area contributed by atoms with Crippen LogP contribution in [0.4, 0.5) is 0 Å². The van der Waals surface area contributed by atoms with Crippen molar-refractivity contribution in [1.29, 1.82) is 5.26 Å². The second-order valence-corrected chi connectivity index (χ2v) is 11.8. The molecule has 2 aliphatic rings. The number of likely N-dealkylation sites (tertiary alicyclic amines) is 1. The molecule has 2 heterocycles. The van der Waals surface area contributed by atoms with Crippen LogP contribution in [0.1, 0.15) is 58.2 Å². The monoisotopic (exact) mass is 573 g/mol. The van der Waals surface area contributed by atoms with Crippen LogP contribution >= 0.6 is 0 Å². The first-order valence-electron chi connectivity index (χ1n) is 15.4. The molecule has 1 fully saturated rings. The van der Waals surface area contributed by atoms with Crippen molar-refractivity contribution in [2.75, 3.05) is 19.7 Å². The van der Waals surface area contributed by atoms with Crippen molar-refractivity contribution in [3.63, 3.8) is 0 Å². The molecule has 0 spiro atoms. The molecule has 0 amide bonds. The minimum absolute atomic E-state index is 0.234. The molecule has 6 nitrogen and oxygen atoms in total. The predicted molar refractivity (Wildman–Crippen MR) is 168 cm³/mol. The van der Waals surface area contributed by atoms with Crippen LogP contribution in [-0.2, 0) is 32.6 Å². The van der Waals surface area contributed by atoms with Gasteiger partial charge in [-0.3, -0.25) is 9.88 Å². The van der Waals surface area contributed by atoms with Gasteiger partial charge in [-0.05, 0) is 90.9 Å². The highest BCUT2D eigenvalue weighted by Crippen LogP contribution is 2.41. The lowest BCUT2D eigenvalue weighted by Crippen LogP contribution is -2.36. The Morgan fingerprint density at radius 3 is 2.63 bits per heavy atom. The molecule has 1 N–H and O–H groups in total. The van der Waals surface area contributed by atoms with Crippen molar-refractivity contribution in [3.8, 4) is 28.7 Å². The number of piperidine rings is 1. The third-order valence-corrected chi connectivity index (χ3v) is 8.91. The molecule has 43 heavy (non-hydrogen) atoms. The molecular formula is C37H39N3O3. The van der Waals surface area contributed by atoms with E-state index < -0.39 is 0 Å². The van der Waals surface area contributed by atoms with Gasteiger partial charge in [0, 0.05) is 49.3 Å². The van der Waals surface area contributed by atoms with Crippen molar-refractivity contribution >= 4 is 0 Å². The van der Waals surface area contributed by atoms with Crippen LogP contribution in [-0.4, -0.2) is 34.7 Å². The molecule has 3 aromatic carbocycles. The fourth-order valence-electron chi connectivity index (χ4n) is 6.60. The van der Waals surface area contributed by atoms with E-state index in [9.17, 15) is 10.4 Å². The Balaban J connectivity index is 1.30. The Hall–Kier alpha value is -4.18. The third kappa shape index (κ3) is 6.59. The van der Waals surface area contributed by atoms with E-state index in [0.29, 0.717) is 24.7 Å². The van der Waals surface area contributed by atoms with Crippen LogP contribution in [0.15, 0.2) is 73.1 Å². The average molecular weight is 574 g/mol. The van der Waals surface area contributed by atoms with Crippen molar-refractivity contribution < 1.29 is 14.6 Å². The topological polar surface area (TPSA) is 78.6 Å². The number of pyridine rings is 1. The highest BCUT2D eigenvalue weighted by Gasteiger charge is 2.27. The molecule has 6 heteroatoms. The predicted octanol–water partition coefficient (Wildman–Crippen LogP) is 6.78. The van der Waals surface area contributed by atoms with Gasteiger partial charge < -0.3 is 14.6 Å². The normalized spacial score (nSPS) is 16.4. The average Bonchev–Trinajstić information content (AvgIpc) is 3.55. The minimum atomic E-state index is 0.234. The van der Waals surface area contributed by atoms with E-state index in [2.05, 4.69) is 71.4 Å². The summed E-state index contributed by atoms with van der Waals surface area (Å²) in [6.45, 7) is 5.93. The number of aliphatic hydroxyl groups excluding tert-OH is 1. The van der Waals surface area contributed by atoms with Crippen molar-refractivity contribution in [2.24, 2.45) is 5.92 Å². The van der Waals surface area contributed by atoms with E-state index in [1.807, 2.05) is 12.1 Å². The zero-order valence-electron chi connectivity index (χ0n) is 24.9. The number of nitrogens with zero attached hydrogens (tertiary/aromatic N) is 3. The molecule has 6 rings (SSSR count). The first-order chi connectivity index (χ1) is 21.1. The van der Waals surface area contributed by atoms with Crippen molar-refractivity contribution in [1.82, 2.24) is 9.88 Å². The first-order valence-corrected chi connectivity index (χ1v) is 15.4. The second kappa shape index (κ2) is 13.4. The largest absolute Gasteiger partial charge is 0.488 e. The number of ether oxygens (including phenoxy) is 2. The maximum absolute atomic E-state index is 9.83. The van der Waals surface area contributed by atoms with E-state index in [0.717, 1.165) is 68.8 Å². The van der Waals surface area contributed by atoms with Gasteiger partial charge in [-0.1, -0.05) is 48.5 Å². The summed E-state index contributed by atoms with van der Waals surface area (Å²) in [7, 11) is 0. The summed E-state index contributed by atoms with van der Waals surface area (Å²) in [5.74, 6) is 2.05. The number of hydrogen-bond donors (Lipinski definition) is 1. The van der Waals surface area contributed by atoms with Crippen LogP contribution in [0.5, 0.6) is 11.5 Å². The SMILES string of the molecule is Cc1c(COc2cc(OCc3cncc(C#N)c3)c(CN3CCC[C@@H](CO)C3)c3c2CCC3)cccc1-c1ccccc1. The number of benzene rings is 3. The van der Waals surface area contributed by atoms with Crippen LogP contribution in [0, 0.1) is 24.2 Å². The zero-order valence-corrected chi connectivity index (χ0v) is 24.9. The maximum atomic E-state index is 9.83. The Morgan fingerprint density at radius 1 is 0.953 bits per heavy atom. The van der Waals surface area contributed by atoms with Crippen molar-refractivity contribution in [3.05, 3.63) is 112 Å². The van der Waals surface area contributed by atoms with E-state index in [4.69, 9.17) is 9.47 Å². The van der Waals surface area contributed by atoms with E-state index in [-0.39, 0.29) is 6.61 Å². The molecule has 0 bridgehead atoms. The fraction of sp³-hybridized carbons (Fsp3) is 0.351. The summed E-state index contributed by atoms with van der Waals surface area (Å²) >= 11 is 0. The van der Waals surface area contributed by atoms with Gasteiger partial charge in [-0.2, -0.15) is 5.26 Å². The molecule has 1 aliphatic heterocycles. The quantitative estimate of drug-likeness (QED) is 0.225. The lowest BCUT2D eigenvalue weighted by molar-refractivity contribution is 0.114. The molecule has 0 radical (unpaired) electrons. The summed E-state index contributed by atoms with van der Waals surface area (Å²) in [6.07, 6.45) is 8.59. The fourth-order valence-corrected chi connectivity index (χ4v) is 6.60. The van der Waals surface area contributed by atoms with Crippen molar-refractivity contribution in [2.45, 2.75) is 58.8 Å². The molecule has 1 aromatic heterocycles. The number of aromatic nitrogens is 1. The Bertz CT molecular complexity index is 1610. The Morgan fingerprint density at radius 2 is 1.79 bits per heavy atom. The summed E-state index contributed by atoms with van der Waals surface area (Å²) in [6, 6.07) is 23.0. The number of hydrogen-bond acceptors (Lipinski definition) is 6. The lowest BCUT2D eigenvalue weighted by atomic mass is 9.96. The molecule has 4 aromatic rings. The van der Waals surface area contributed by atoms with Gasteiger partial charge in [0.25, 0.3) is 0 Å². The summed E-state index contributed by atoms with van der Waals surface area (Å²) < 4.78 is 13.2. The molecule has 0 unspecified atom stereocenters. The van der Waals surface area contributed by atoms with Gasteiger partial charge >= 0.3 is 0 Å². The summed E-state index contributed by atoms with van der Waals surface area (Å²) in [4.78, 5) is 6.68. The Labute approximate surface area is 254 Å². The molecule has 1 aliphatic carbocycles. The molecule has 0 saturated carbocycles. The van der Waals surface area contributed by atoms with E-state index in [1.54, 1.807) is 12.4 Å². The third-order valence-electron chi connectivity index (χ3n) is 8.91. The second-order valence-electron chi connectivity index (χ2n) is 11.8. The van der Waals surface area contributed by atoms with Gasteiger partial charge in [0.2, 0.25) is 0 Å². The van der Waals surface area contributed by atoms with Gasteiger partial charge in [-0.15, -0.1) is 0 Å². The highest BCUT2D eigenvalue weighted by atomic mass is 16.5. The number of nitriles is 1. The van der Waals surface area contributed by atoms with E-state index >= 15 is 0 Å². The summed E-state index contributed by atoms with van der Waals surface area (Å²) in [5.41, 5.74) is 10.1. The van der Waals surface area contributed by atoms with Gasteiger partial charge in [0.1, 0.15) is 30.8 Å². The van der Waals surface area contributed by atoms with Gasteiger partial charge in [0.05, 0.1) is 5.56 Å². The van der Waals surface area contributed by atoms with Crippen LogP contribution < -0.4 is 9.47 Å². The minimum Gasteiger partial charge on any atom is -0.488 e. The number of fused-ring (bicyclic) bond motifs is 1. The van der Waals surface area contributed by atoms with Crippen LogP contribution in [0.2, 0.25) is 0 Å². The molecule has 1 atom stereocenters.